The molecule has 1 nitrogen and oxygen atoms in total. The average Bonchev–Trinajstić information content (AvgIpc) is 2.43. The van der Waals surface area contributed by atoms with E-state index in [-0.39, 0.29) is 0 Å². The predicted molar refractivity (Wildman–Crippen MR) is 72.7 cm³/mol. The summed E-state index contributed by atoms with van der Waals surface area (Å²) < 4.78 is 0. The molecule has 96 valence electrons. The minimum Gasteiger partial charge on any atom is -0.314 e. The molecule has 0 saturated heterocycles. The Morgan fingerprint density at radius 2 is 1.88 bits per heavy atom. The van der Waals surface area contributed by atoms with Crippen molar-refractivity contribution in [3.05, 3.63) is 0 Å². The van der Waals surface area contributed by atoms with E-state index in [1.807, 2.05) is 0 Å². The Morgan fingerprint density at radius 1 is 1.06 bits per heavy atom. The zero-order chi connectivity index (χ0) is 11.8. The number of nitrogens with one attached hydrogen (secondary N) is 1. The van der Waals surface area contributed by atoms with Crippen LogP contribution in [0.5, 0.6) is 0 Å². The standard InChI is InChI=1S/C15H31N/c1-13(2)7-4-5-12-16-15-9-6-8-14(3)10-11-15/h13-16H,4-12H2,1-3H3. The maximum atomic E-state index is 3.76. The van der Waals surface area contributed by atoms with Crippen LogP contribution >= 0.6 is 0 Å². The van der Waals surface area contributed by atoms with E-state index in [1.54, 1.807) is 0 Å². The van der Waals surface area contributed by atoms with Gasteiger partial charge in [0.25, 0.3) is 0 Å². The predicted octanol–water partition coefficient (Wildman–Crippen LogP) is 4.37. The number of rotatable bonds is 6. The van der Waals surface area contributed by atoms with Crippen LogP contribution in [0.15, 0.2) is 0 Å². The fourth-order valence-corrected chi connectivity index (χ4v) is 2.67. The zero-order valence-corrected chi connectivity index (χ0v) is 11.6. The van der Waals surface area contributed by atoms with E-state index in [1.165, 1.54) is 57.9 Å². The van der Waals surface area contributed by atoms with E-state index >= 15 is 0 Å². The second kappa shape index (κ2) is 8.11. The summed E-state index contributed by atoms with van der Waals surface area (Å²) in [5.41, 5.74) is 0. The van der Waals surface area contributed by atoms with E-state index < -0.39 is 0 Å². The Kier molecular flexibility index (Phi) is 7.11. The molecule has 2 unspecified atom stereocenters. The number of hydrogen-bond acceptors (Lipinski definition) is 1. The fraction of sp³-hybridized carbons (Fsp3) is 1.00. The lowest BCUT2D eigenvalue weighted by molar-refractivity contribution is 0.433. The zero-order valence-electron chi connectivity index (χ0n) is 11.6. The molecule has 0 aromatic heterocycles. The highest BCUT2D eigenvalue weighted by molar-refractivity contribution is 4.73. The minimum absolute atomic E-state index is 0.823. The lowest BCUT2D eigenvalue weighted by Crippen LogP contribution is -2.29. The molecule has 16 heavy (non-hydrogen) atoms. The second-order valence-corrected chi connectivity index (χ2v) is 6.15. The molecule has 0 aromatic rings. The average molecular weight is 225 g/mol. The molecule has 0 bridgehead atoms. The lowest BCUT2D eigenvalue weighted by atomic mass is 10.0. The molecule has 1 N–H and O–H groups in total. The van der Waals surface area contributed by atoms with Crippen molar-refractivity contribution in [2.24, 2.45) is 11.8 Å². The van der Waals surface area contributed by atoms with Gasteiger partial charge in [0.05, 0.1) is 0 Å². The molecule has 1 rings (SSSR count). The molecule has 1 aliphatic carbocycles. The molecule has 0 spiro atoms. The van der Waals surface area contributed by atoms with Crippen molar-refractivity contribution < 1.29 is 0 Å². The Bertz CT molecular complexity index is 165. The van der Waals surface area contributed by atoms with E-state index in [4.69, 9.17) is 0 Å². The quantitative estimate of drug-likeness (QED) is 0.523. The van der Waals surface area contributed by atoms with Crippen LogP contribution in [0, 0.1) is 11.8 Å². The summed E-state index contributed by atoms with van der Waals surface area (Å²) in [6.07, 6.45) is 11.3. The van der Waals surface area contributed by atoms with Crippen molar-refractivity contribution in [1.29, 1.82) is 0 Å². The first kappa shape index (κ1) is 14.0. The summed E-state index contributed by atoms with van der Waals surface area (Å²) in [4.78, 5) is 0. The SMILES string of the molecule is CC(C)CCCCNC1CCCC(C)CC1. The molecule has 1 fully saturated rings. The largest absolute Gasteiger partial charge is 0.314 e. The molecule has 1 saturated carbocycles. The van der Waals surface area contributed by atoms with Gasteiger partial charge in [0.1, 0.15) is 0 Å². The van der Waals surface area contributed by atoms with Crippen LogP contribution in [0.1, 0.15) is 72.1 Å². The van der Waals surface area contributed by atoms with Crippen molar-refractivity contribution in [1.82, 2.24) is 5.32 Å². The van der Waals surface area contributed by atoms with Crippen molar-refractivity contribution in [2.75, 3.05) is 6.54 Å². The monoisotopic (exact) mass is 225 g/mol. The van der Waals surface area contributed by atoms with Crippen LogP contribution < -0.4 is 5.32 Å². The summed E-state index contributed by atoms with van der Waals surface area (Å²) in [6.45, 7) is 8.29. The molecule has 0 aromatic carbocycles. The van der Waals surface area contributed by atoms with Crippen LogP contribution in [0.2, 0.25) is 0 Å². The van der Waals surface area contributed by atoms with Gasteiger partial charge in [-0.15, -0.1) is 0 Å². The van der Waals surface area contributed by atoms with Gasteiger partial charge in [-0.3, -0.25) is 0 Å². The van der Waals surface area contributed by atoms with Gasteiger partial charge in [-0.05, 0) is 44.1 Å². The summed E-state index contributed by atoms with van der Waals surface area (Å²) in [5.74, 6) is 1.84. The van der Waals surface area contributed by atoms with Gasteiger partial charge in [-0.25, -0.2) is 0 Å². The Labute approximate surface area is 102 Å². The first-order chi connectivity index (χ1) is 7.68. The molecule has 0 heterocycles. The third kappa shape index (κ3) is 6.52. The summed E-state index contributed by atoms with van der Waals surface area (Å²) in [5, 5.41) is 3.76. The topological polar surface area (TPSA) is 12.0 Å². The summed E-state index contributed by atoms with van der Waals surface area (Å²) in [7, 11) is 0. The van der Waals surface area contributed by atoms with Crippen LogP contribution in [0.4, 0.5) is 0 Å². The van der Waals surface area contributed by atoms with Crippen molar-refractivity contribution in [3.8, 4) is 0 Å². The minimum atomic E-state index is 0.823. The maximum absolute atomic E-state index is 3.76. The van der Waals surface area contributed by atoms with Gasteiger partial charge in [0.2, 0.25) is 0 Å². The molecular formula is C15H31N. The second-order valence-electron chi connectivity index (χ2n) is 6.15. The highest BCUT2D eigenvalue weighted by Gasteiger charge is 2.14. The molecule has 0 radical (unpaired) electrons. The molecule has 1 heteroatoms. The van der Waals surface area contributed by atoms with Crippen molar-refractivity contribution in [2.45, 2.75) is 78.2 Å². The van der Waals surface area contributed by atoms with Gasteiger partial charge in [-0.1, -0.05) is 46.5 Å². The number of hydrogen-bond donors (Lipinski definition) is 1. The van der Waals surface area contributed by atoms with Crippen LogP contribution in [-0.2, 0) is 0 Å². The molecule has 1 aliphatic rings. The Morgan fingerprint density at radius 3 is 2.62 bits per heavy atom. The van der Waals surface area contributed by atoms with Crippen molar-refractivity contribution >= 4 is 0 Å². The molecule has 0 aliphatic heterocycles. The van der Waals surface area contributed by atoms with E-state index in [0.29, 0.717) is 0 Å². The van der Waals surface area contributed by atoms with Gasteiger partial charge < -0.3 is 5.32 Å². The third-order valence-electron chi connectivity index (χ3n) is 3.90. The normalized spacial score (nSPS) is 27.0. The first-order valence-electron chi connectivity index (χ1n) is 7.42. The lowest BCUT2D eigenvalue weighted by Gasteiger charge is -2.16. The summed E-state index contributed by atoms with van der Waals surface area (Å²) in [6, 6.07) is 0.823. The molecule has 0 amide bonds. The first-order valence-corrected chi connectivity index (χ1v) is 7.42. The van der Waals surface area contributed by atoms with Gasteiger partial charge in [0, 0.05) is 6.04 Å². The van der Waals surface area contributed by atoms with E-state index in [0.717, 1.165) is 17.9 Å². The van der Waals surface area contributed by atoms with Gasteiger partial charge in [-0.2, -0.15) is 0 Å². The van der Waals surface area contributed by atoms with E-state index in [9.17, 15) is 0 Å². The Balaban J connectivity index is 1.99. The fourth-order valence-electron chi connectivity index (χ4n) is 2.67. The van der Waals surface area contributed by atoms with Crippen LogP contribution in [0.3, 0.4) is 0 Å². The third-order valence-corrected chi connectivity index (χ3v) is 3.90. The Hall–Kier alpha value is -0.0400. The number of unbranched alkanes of at least 4 members (excludes halogenated alkanes) is 1. The van der Waals surface area contributed by atoms with Gasteiger partial charge >= 0.3 is 0 Å². The molecule has 2 atom stereocenters. The molecular weight excluding hydrogens is 194 g/mol. The smallest absolute Gasteiger partial charge is 0.00671 e. The highest BCUT2D eigenvalue weighted by atomic mass is 14.9. The highest BCUT2D eigenvalue weighted by Crippen LogP contribution is 2.22. The summed E-state index contributed by atoms with van der Waals surface area (Å²) >= 11 is 0. The van der Waals surface area contributed by atoms with Crippen molar-refractivity contribution in [3.63, 3.8) is 0 Å². The maximum Gasteiger partial charge on any atom is 0.00671 e. The van der Waals surface area contributed by atoms with Crippen LogP contribution in [0.25, 0.3) is 0 Å². The van der Waals surface area contributed by atoms with E-state index in [2.05, 4.69) is 26.1 Å². The van der Waals surface area contributed by atoms with Gasteiger partial charge in [0.15, 0.2) is 0 Å². The van der Waals surface area contributed by atoms with Crippen LogP contribution in [-0.4, -0.2) is 12.6 Å².